The summed E-state index contributed by atoms with van der Waals surface area (Å²) < 4.78 is 4.87. The molecule has 0 aromatic carbocycles. The summed E-state index contributed by atoms with van der Waals surface area (Å²) in [7, 11) is 1.53. The van der Waals surface area contributed by atoms with E-state index in [1.54, 1.807) is 24.3 Å². The van der Waals surface area contributed by atoms with Crippen molar-refractivity contribution in [3.05, 3.63) is 69.9 Å². The van der Waals surface area contributed by atoms with Crippen LogP contribution in [0.2, 0.25) is 0 Å². The molecule has 0 saturated heterocycles. The minimum atomic E-state index is -0.748. The van der Waals surface area contributed by atoms with Gasteiger partial charge in [-0.05, 0) is 36.4 Å². The Hall–Kier alpha value is -3.85. The number of aromatic hydroxyl groups is 1. The number of ketones is 1. The van der Waals surface area contributed by atoms with Crippen molar-refractivity contribution < 1.29 is 19.4 Å². The van der Waals surface area contributed by atoms with Crippen LogP contribution in [0.25, 0.3) is 17.1 Å². The number of allylic oxidation sites excluding steroid dienone is 1. The molecule has 0 spiro atoms. The van der Waals surface area contributed by atoms with E-state index >= 15 is 0 Å². The minimum Gasteiger partial charge on any atom is -0.506 e. The molecule has 148 valence electrons. The van der Waals surface area contributed by atoms with Crippen molar-refractivity contribution >= 4 is 28.8 Å². The normalized spacial score (nSPS) is 11.1. The number of aromatic amines is 1. The average Bonchev–Trinajstić information content (AvgIpc) is 2.72. The molecule has 9 nitrogen and oxygen atoms in total. The second kappa shape index (κ2) is 8.89. The van der Waals surface area contributed by atoms with Gasteiger partial charge in [0.1, 0.15) is 22.7 Å². The summed E-state index contributed by atoms with van der Waals surface area (Å²) in [5, 5.41) is 13.2. The van der Waals surface area contributed by atoms with Crippen molar-refractivity contribution in [3.63, 3.8) is 0 Å². The maximum Gasteiger partial charge on any atom is 0.269 e. The Balaban J connectivity index is 1.83. The minimum absolute atomic E-state index is 0.174. The molecule has 3 rings (SSSR count). The molecule has 3 aromatic heterocycles. The zero-order valence-corrected chi connectivity index (χ0v) is 15.5. The molecule has 0 fully saturated rings. The maximum absolute atomic E-state index is 12.5. The number of nitrogens with zero attached hydrogens (tertiary/aromatic N) is 2. The predicted octanol–water partition coefficient (Wildman–Crippen LogP) is 1.30. The van der Waals surface area contributed by atoms with Crippen LogP contribution in [0.1, 0.15) is 26.5 Å². The predicted molar refractivity (Wildman–Crippen MR) is 106 cm³/mol. The molecule has 0 aliphatic rings. The lowest BCUT2D eigenvalue weighted by molar-refractivity contribution is 0.0931. The Morgan fingerprint density at radius 2 is 2.10 bits per heavy atom. The van der Waals surface area contributed by atoms with E-state index in [2.05, 4.69) is 20.3 Å². The van der Waals surface area contributed by atoms with Gasteiger partial charge in [0.2, 0.25) is 0 Å². The number of carbonyl (C=O) groups is 2. The molecule has 0 radical (unpaired) electrons. The van der Waals surface area contributed by atoms with Crippen molar-refractivity contribution in [2.24, 2.45) is 0 Å². The number of carbonyl (C=O) groups excluding carboxylic acids is 2. The van der Waals surface area contributed by atoms with Crippen LogP contribution in [0.15, 0.2) is 47.4 Å². The summed E-state index contributed by atoms with van der Waals surface area (Å²) in [5.41, 5.74) is -0.438. The van der Waals surface area contributed by atoms with Crippen LogP contribution < -0.4 is 10.9 Å². The highest BCUT2D eigenvalue weighted by Crippen LogP contribution is 2.23. The molecule has 9 heteroatoms. The van der Waals surface area contributed by atoms with Crippen LogP contribution in [0, 0.1) is 0 Å². The van der Waals surface area contributed by atoms with Crippen LogP contribution >= 0.6 is 0 Å². The van der Waals surface area contributed by atoms with Crippen molar-refractivity contribution in [1.82, 2.24) is 20.3 Å². The first kappa shape index (κ1) is 19.9. The molecule has 0 bridgehead atoms. The van der Waals surface area contributed by atoms with E-state index in [1.165, 1.54) is 25.4 Å². The number of ether oxygens (including phenoxy) is 1. The zero-order chi connectivity index (χ0) is 20.8. The fraction of sp³-hybridized carbons (Fsp3) is 0.150. The highest BCUT2D eigenvalue weighted by Gasteiger charge is 2.17. The molecule has 0 unspecified atom stereocenters. The number of pyridine rings is 3. The lowest BCUT2D eigenvalue weighted by Crippen LogP contribution is -2.27. The lowest BCUT2D eigenvalue weighted by atomic mass is 10.1. The first-order valence-corrected chi connectivity index (χ1v) is 8.68. The molecule has 0 atom stereocenters. The Morgan fingerprint density at radius 1 is 1.28 bits per heavy atom. The summed E-state index contributed by atoms with van der Waals surface area (Å²) in [4.78, 5) is 47.3. The van der Waals surface area contributed by atoms with Gasteiger partial charge in [0, 0.05) is 19.9 Å². The van der Waals surface area contributed by atoms with Gasteiger partial charge in [-0.1, -0.05) is 6.07 Å². The summed E-state index contributed by atoms with van der Waals surface area (Å²) in [6.07, 6.45) is 3.94. The van der Waals surface area contributed by atoms with Crippen LogP contribution in [-0.2, 0) is 4.74 Å². The van der Waals surface area contributed by atoms with Gasteiger partial charge >= 0.3 is 0 Å². The van der Waals surface area contributed by atoms with Crippen LogP contribution in [0.3, 0.4) is 0 Å². The van der Waals surface area contributed by atoms with E-state index < -0.39 is 22.7 Å². The van der Waals surface area contributed by atoms with Crippen molar-refractivity contribution in [1.29, 1.82) is 0 Å². The van der Waals surface area contributed by atoms with Crippen molar-refractivity contribution in [2.45, 2.75) is 0 Å². The SMILES string of the molecule is COCCNC(=O)c1cccc(/C=C/C(=O)c2c(O)c3cccnc3[nH]c2=O)n1. The van der Waals surface area contributed by atoms with Gasteiger partial charge < -0.3 is 20.1 Å². The third-order valence-electron chi connectivity index (χ3n) is 4.01. The Labute approximate surface area is 165 Å². The number of nitrogens with one attached hydrogen (secondary N) is 2. The standard InChI is InChI=1S/C20H18N4O5/c1-29-11-10-22-19(27)14-6-2-4-12(23-14)7-8-15(25)16-17(26)13-5-3-9-21-18(13)24-20(16)28/h2-9H,10-11H2,1H3,(H,22,27)(H2,21,24,26,28)/b8-7+. The third kappa shape index (κ3) is 4.53. The fourth-order valence-corrected chi connectivity index (χ4v) is 2.61. The van der Waals surface area contributed by atoms with Crippen LogP contribution in [0.4, 0.5) is 0 Å². The Bertz CT molecular complexity index is 1150. The molecule has 0 saturated carbocycles. The highest BCUT2D eigenvalue weighted by molar-refractivity contribution is 6.10. The van der Waals surface area contributed by atoms with Crippen LogP contribution in [-0.4, -0.2) is 52.0 Å². The zero-order valence-electron chi connectivity index (χ0n) is 15.5. The van der Waals surface area contributed by atoms with Crippen LogP contribution in [0.5, 0.6) is 5.75 Å². The van der Waals surface area contributed by atoms with Gasteiger partial charge in [-0.2, -0.15) is 0 Å². The van der Waals surface area contributed by atoms with E-state index in [9.17, 15) is 19.5 Å². The quantitative estimate of drug-likeness (QED) is 0.312. The number of H-pyrrole nitrogens is 1. The summed E-state index contributed by atoms with van der Waals surface area (Å²) in [5.74, 6) is -1.52. The van der Waals surface area contributed by atoms with E-state index in [4.69, 9.17) is 4.74 Å². The van der Waals surface area contributed by atoms with Gasteiger partial charge in [0.05, 0.1) is 17.7 Å². The first-order chi connectivity index (χ1) is 14.0. The van der Waals surface area contributed by atoms with Crippen molar-refractivity contribution in [3.8, 4) is 5.75 Å². The smallest absolute Gasteiger partial charge is 0.269 e. The van der Waals surface area contributed by atoms with E-state index in [0.717, 1.165) is 6.08 Å². The Morgan fingerprint density at radius 3 is 2.90 bits per heavy atom. The number of fused-ring (bicyclic) bond motifs is 1. The van der Waals surface area contributed by atoms with Gasteiger partial charge in [0.25, 0.3) is 11.5 Å². The molecule has 0 aliphatic carbocycles. The first-order valence-electron chi connectivity index (χ1n) is 8.68. The summed E-state index contributed by atoms with van der Waals surface area (Å²) in [6, 6.07) is 7.88. The van der Waals surface area contributed by atoms with Gasteiger partial charge in [-0.15, -0.1) is 0 Å². The molecule has 3 N–H and O–H groups in total. The number of aromatic nitrogens is 3. The number of methoxy groups -OCH3 is 1. The topological polar surface area (TPSA) is 134 Å². The number of amides is 1. The summed E-state index contributed by atoms with van der Waals surface area (Å²) >= 11 is 0. The number of rotatable bonds is 7. The van der Waals surface area contributed by atoms with Gasteiger partial charge in [0.15, 0.2) is 5.78 Å². The highest BCUT2D eigenvalue weighted by atomic mass is 16.5. The second-order valence-electron chi connectivity index (χ2n) is 5.97. The lowest BCUT2D eigenvalue weighted by Gasteiger charge is -2.05. The van der Waals surface area contributed by atoms with Gasteiger partial charge in [-0.25, -0.2) is 9.97 Å². The summed E-state index contributed by atoms with van der Waals surface area (Å²) in [6.45, 7) is 0.716. The van der Waals surface area contributed by atoms with E-state index in [-0.39, 0.29) is 22.6 Å². The molecular weight excluding hydrogens is 376 g/mol. The molecule has 29 heavy (non-hydrogen) atoms. The Kier molecular flexibility index (Phi) is 6.10. The third-order valence-corrected chi connectivity index (χ3v) is 4.01. The molecule has 3 aromatic rings. The maximum atomic E-state index is 12.5. The molecule has 0 aliphatic heterocycles. The molecule has 3 heterocycles. The molecular formula is C20H18N4O5. The van der Waals surface area contributed by atoms with E-state index in [1.807, 2.05) is 0 Å². The average molecular weight is 394 g/mol. The monoisotopic (exact) mass is 394 g/mol. The largest absolute Gasteiger partial charge is 0.506 e. The number of hydrogen-bond donors (Lipinski definition) is 3. The number of hydrogen-bond acceptors (Lipinski definition) is 7. The van der Waals surface area contributed by atoms with Crippen molar-refractivity contribution in [2.75, 3.05) is 20.3 Å². The van der Waals surface area contributed by atoms with E-state index in [0.29, 0.717) is 18.8 Å². The second-order valence-corrected chi connectivity index (χ2v) is 5.97. The van der Waals surface area contributed by atoms with Gasteiger partial charge in [-0.3, -0.25) is 14.4 Å². The molecule has 1 amide bonds. The fourth-order valence-electron chi connectivity index (χ4n) is 2.61.